The van der Waals surface area contributed by atoms with Gasteiger partial charge in [0.25, 0.3) is 0 Å². The third-order valence-electron chi connectivity index (χ3n) is 3.72. The monoisotopic (exact) mass is 218 g/mol. The lowest BCUT2D eigenvalue weighted by Gasteiger charge is -2.23. The number of rotatable bonds is 4. The first-order valence-electron chi connectivity index (χ1n) is 6.08. The van der Waals surface area contributed by atoms with Crippen LogP contribution in [0.3, 0.4) is 0 Å². The van der Waals surface area contributed by atoms with Gasteiger partial charge in [0.2, 0.25) is 0 Å². The van der Waals surface area contributed by atoms with Gasteiger partial charge in [0.05, 0.1) is 13.2 Å². The summed E-state index contributed by atoms with van der Waals surface area (Å²) < 4.78 is 33.0. The first-order valence-corrected chi connectivity index (χ1v) is 6.08. The predicted octanol–water partition coefficient (Wildman–Crippen LogP) is 3.57. The lowest BCUT2D eigenvalue weighted by atomic mass is 10.1. The molecule has 0 N–H and O–H groups in total. The standard InChI is InChI=1S/C12H20F2O/c13-11(5-1-2-6-11)9-15-10-12(14)7-3-4-8-12/h1-10H2. The van der Waals surface area contributed by atoms with Crippen molar-refractivity contribution in [1.82, 2.24) is 0 Å². The van der Waals surface area contributed by atoms with Gasteiger partial charge in [0.15, 0.2) is 0 Å². The summed E-state index contributed by atoms with van der Waals surface area (Å²) in [6.45, 7) is 0.192. The van der Waals surface area contributed by atoms with Crippen molar-refractivity contribution in [3.05, 3.63) is 0 Å². The molecule has 1 nitrogen and oxygen atoms in total. The Morgan fingerprint density at radius 3 is 1.40 bits per heavy atom. The first-order chi connectivity index (χ1) is 7.12. The predicted molar refractivity (Wildman–Crippen MR) is 55.4 cm³/mol. The molecule has 2 fully saturated rings. The Kier molecular flexibility index (Phi) is 3.29. The van der Waals surface area contributed by atoms with E-state index in [2.05, 4.69) is 0 Å². The Balaban J connectivity index is 1.69. The highest BCUT2D eigenvalue weighted by Gasteiger charge is 2.37. The fourth-order valence-corrected chi connectivity index (χ4v) is 2.72. The van der Waals surface area contributed by atoms with Crippen molar-refractivity contribution in [3.63, 3.8) is 0 Å². The third-order valence-corrected chi connectivity index (χ3v) is 3.72. The summed E-state index contributed by atoms with van der Waals surface area (Å²) in [5.74, 6) is 0. The third kappa shape index (κ3) is 2.90. The molecule has 0 heterocycles. The summed E-state index contributed by atoms with van der Waals surface area (Å²) in [5, 5.41) is 0. The minimum absolute atomic E-state index is 0.0959. The maximum absolute atomic E-state index is 13.9. The molecule has 0 aromatic rings. The summed E-state index contributed by atoms with van der Waals surface area (Å²) in [7, 11) is 0. The fraction of sp³-hybridized carbons (Fsp3) is 1.00. The molecular weight excluding hydrogens is 198 g/mol. The average molecular weight is 218 g/mol. The van der Waals surface area contributed by atoms with Gasteiger partial charge in [-0.2, -0.15) is 0 Å². The van der Waals surface area contributed by atoms with E-state index in [-0.39, 0.29) is 13.2 Å². The summed E-state index contributed by atoms with van der Waals surface area (Å²) in [6, 6.07) is 0. The SMILES string of the molecule is FC1(COCC2(F)CCCC2)CCCC1. The fourth-order valence-electron chi connectivity index (χ4n) is 2.72. The lowest BCUT2D eigenvalue weighted by Crippen LogP contribution is -2.31. The van der Waals surface area contributed by atoms with Crippen LogP contribution in [0.1, 0.15) is 51.4 Å². The molecule has 0 aliphatic heterocycles. The second-order valence-corrected chi connectivity index (χ2v) is 5.21. The molecule has 88 valence electrons. The maximum atomic E-state index is 13.9. The molecule has 0 saturated heterocycles. The van der Waals surface area contributed by atoms with E-state index in [1.165, 1.54) is 0 Å². The molecule has 0 spiro atoms. The van der Waals surface area contributed by atoms with Crippen molar-refractivity contribution in [2.75, 3.05) is 13.2 Å². The molecule has 2 saturated carbocycles. The molecular formula is C12H20F2O. The Morgan fingerprint density at radius 1 is 0.733 bits per heavy atom. The highest BCUT2D eigenvalue weighted by molar-refractivity contribution is 4.87. The van der Waals surface area contributed by atoms with Gasteiger partial charge in [0, 0.05) is 0 Å². The Bertz CT molecular complexity index is 184. The zero-order chi connectivity index (χ0) is 10.8. The Hall–Kier alpha value is -0.180. The van der Waals surface area contributed by atoms with Gasteiger partial charge in [-0.3, -0.25) is 0 Å². The van der Waals surface area contributed by atoms with E-state index in [1.807, 2.05) is 0 Å². The smallest absolute Gasteiger partial charge is 0.134 e. The maximum Gasteiger partial charge on any atom is 0.134 e. The van der Waals surface area contributed by atoms with Gasteiger partial charge >= 0.3 is 0 Å². The number of hydrogen-bond donors (Lipinski definition) is 0. The van der Waals surface area contributed by atoms with E-state index >= 15 is 0 Å². The van der Waals surface area contributed by atoms with Crippen LogP contribution in [0.4, 0.5) is 8.78 Å². The molecule has 0 amide bonds. The molecule has 2 aliphatic carbocycles. The van der Waals surface area contributed by atoms with Gasteiger partial charge in [-0.1, -0.05) is 25.7 Å². The molecule has 2 aliphatic rings. The zero-order valence-electron chi connectivity index (χ0n) is 9.24. The normalized spacial score (nSPS) is 28.4. The van der Waals surface area contributed by atoms with Crippen LogP contribution < -0.4 is 0 Å². The average Bonchev–Trinajstić information content (AvgIpc) is 2.76. The van der Waals surface area contributed by atoms with E-state index in [1.54, 1.807) is 0 Å². The Morgan fingerprint density at radius 2 is 1.07 bits per heavy atom. The van der Waals surface area contributed by atoms with Crippen LogP contribution in [-0.2, 0) is 4.74 Å². The van der Waals surface area contributed by atoms with Crippen molar-refractivity contribution in [2.24, 2.45) is 0 Å². The number of ether oxygens (including phenoxy) is 1. The Labute approximate surface area is 90.2 Å². The van der Waals surface area contributed by atoms with Crippen molar-refractivity contribution in [3.8, 4) is 0 Å². The van der Waals surface area contributed by atoms with Crippen LogP contribution in [-0.4, -0.2) is 24.6 Å². The van der Waals surface area contributed by atoms with Crippen LogP contribution in [0.2, 0.25) is 0 Å². The number of hydrogen-bond acceptors (Lipinski definition) is 1. The van der Waals surface area contributed by atoms with Crippen LogP contribution in [0, 0.1) is 0 Å². The van der Waals surface area contributed by atoms with Gasteiger partial charge < -0.3 is 4.74 Å². The van der Waals surface area contributed by atoms with Gasteiger partial charge in [-0.05, 0) is 25.7 Å². The molecule has 0 aromatic carbocycles. The summed E-state index contributed by atoms with van der Waals surface area (Å²) in [5.41, 5.74) is -2.32. The summed E-state index contributed by atoms with van der Waals surface area (Å²) in [4.78, 5) is 0. The highest BCUT2D eigenvalue weighted by Crippen LogP contribution is 2.36. The van der Waals surface area contributed by atoms with E-state index in [0.29, 0.717) is 25.7 Å². The molecule has 0 aromatic heterocycles. The molecule has 0 bridgehead atoms. The van der Waals surface area contributed by atoms with E-state index in [0.717, 1.165) is 25.7 Å². The van der Waals surface area contributed by atoms with Crippen molar-refractivity contribution >= 4 is 0 Å². The highest BCUT2D eigenvalue weighted by atomic mass is 19.1. The summed E-state index contributed by atoms with van der Waals surface area (Å²) >= 11 is 0. The minimum Gasteiger partial charge on any atom is -0.375 e. The number of alkyl halides is 2. The van der Waals surface area contributed by atoms with E-state index in [9.17, 15) is 8.78 Å². The molecule has 15 heavy (non-hydrogen) atoms. The van der Waals surface area contributed by atoms with Crippen molar-refractivity contribution in [2.45, 2.75) is 62.7 Å². The van der Waals surface area contributed by atoms with Crippen molar-refractivity contribution in [1.29, 1.82) is 0 Å². The van der Waals surface area contributed by atoms with Gasteiger partial charge in [-0.25, -0.2) is 8.78 Å². The minimum atomic E-state index is -1.16. The second kappa shape index (κ2) is 4.36. The topological polar surface area (TPSA) is 9.23 Å². The number of halogens is 2. The molecule has 0 unspecified atom stereocenters. The van der Waals surface area contributed by atoms with Crippen LogP contribution >= 0.6 is 0 Å². The van der Waals surface area contributed by atoms with Crippen LogP contribution in [0.25, 0.3) is 0 Å². The first kappa shape index (κ1) is 11.3. The van der Waals surface area contributed by atoms with Crippen molar-refractivity contribution < 1.29 is 13.5 Å². The molecule has 0 radical (unpaired) electrons. The van der Waals surface area contributed by atoms with Crippen LogP contribution in [0.15, 0.2) is 0 Å². The second-order valence-electron chi connectivity index (χ2n) is 5.21. The molecule has 0 atom stereocenters. The quantitative estimate of drug-likeness (QED) is 0.701. The molecule has 3 heteroatoms. The zero-order valence-corrected chi connectivity index (χ0v) is 9.24. The lowest BCUT2D eigenvalue weighted by molar-refractivity contribution is -0.0325. The van der Waals surface area contributed by atoms with Crippen LogP contribution in [0.5, 0.6) is 0 Å². The van der Waals surface area contributed by atoms with Gasteiger partial charge in [0.1, 0.15) is 11.3 Å². The van der Waals surface area contributed by atoms with E-state index < -0.39 is 11.3 Å². The largest absolute Gasteiger partial charge is 0.375 e. The van der Waals surface area contributed by atoms with E-state index in [4.69, 9.17) is 4.74 Å². The van der Waals surface area contributed by atoms with Gasteiger partial charge in [-0.15, -0.1) is 0 Å². The summed E-state index contributed by atoms with van der Waals surface area (Å²) in [6.07, 6.45) is 6.14. The molecule has 2 rings (SSSR count).